The molecule has 1 aromatic carbocycles. The molecule has 0 aliphatic carbocycles. The first-order chi connectivity index (χ1) is 7.52. The average Bonchev–Trinajstić information content (AvgIpc) is 2.20. The molecule has 0 aliphatic heterocycles. The fraction of sp³-hybridized carbons (Fsp3) is 0.500. The molecule has 1 rings (SSSR count). The van der Waals surface area contributed by atoms with Gasteiger partial charge in [-0.05, 0) is 39.8 Å². The normalized spacial score (nSPS) is 11.7. The van der Waals surface area contributed by atoms with E-state index in [1.807, 2.05) is 32.7 Å². The molecule has 0 unspecified atom stereocenters. The van der Waals surface area contributed by atoms with E-state index < -0.39 is 0 Å². The maximum atomic E-state index is 13.3. The molecule has 0 bridgehead atoms. The van der Waals surface area contributed by atoms with Crippen LogP contribution in [0, 0.1) is 5.82 Å². The molecular weight excluding hydrogens is 205 g/mol. The molecule has 0 saturated heterocycles. The van der Waals surface area contributed by atoms with E-state index in [1.165, 1.54) is 6.07 Å². The van der Waals surface area contributed by atoms with Crippen LogP contribution in [0.1, 0.15) is 27.7 Å². The van der Waals surface area contributed by atoms with Gasteiger partial charge in [-0.25, -0.2) is 4.39 Å². The lowest BCUT2D eigenvalue weighted by Gasteiger charge is -2.25. The van der Waals surface area contributed by atoms with Gasteiger partial charge in [0.1, 0.15) is 5.69 Å². The predicted molar refractivity (Wildman–Crippen MR) is 63.0 cm³/mol. The van der Waals surface area contributed by atoms with Crippen LogP contribution in [0.2, 0.25) is 0 Å². The molecule has 0 amide bonds. The summed E-state index contributed by atoms with van der Waals surface area (Å²) >= 11 is 0. The molecule has 0 spiro atoms. The van der Waals surface area contributed by atoms with Gasteiger partial charge in [0.2, 0.25) is 0 Å². The zero-order chi connectivity index (χ0) is 12.1. The summed E-state index contributed by atoms with van der Waals surface area (Å²) in [5, 5.41) is 9.84. The van der Waals surface area contributed by atoms with Crippen molar-refractivity contribution in [1.82, 2.24) is 5.01 Å². The highest BCUT2D eigenvalue weighted by Crippen LogP contribution is 2.18. The summed E-state index contributed by atoms with van der Waals surface area (Å²) in [6, 6.07) is 6.86. The molecule has 0 saturated carbocycles. The van der Waals surface area contributed by atoms with Gasteiger partial charge in [-0.15, -0.1) is 5.11 Å². The summed E-state index contributed by atoms with van der Waals surface area (Å²) in [4.78, 5) is 0. The van der Waals surface area contributed by atoms with Crippen LogP contribution >= 0.6 is 0 Å². The third kappa shape index (κ3) is 3.29. The maximum Gasteiger partial charge on any atom is 0.150 e. The minimum Gasteiger partial charge on any atom is -0.273 e. The summed E-state index contributed by atoms with van der Waals surface area (Å²) < 4.78 is 13.3. The Bertz CT molecular complexity index is 353. The predicted octanol–water partition coefficient (Wildman–Crippen LogP) is 3.94. The van der Waals surface area contributed by atoms with Crippen molar-refractivity contribution in [3.63, 3.8) is 0 Å². The quantitative estimate of drug-likeness (QED) is 0.561. The van der Waals surface area contributed by atoms with E-state index in [9.17, 15) is 4.39 Å². The van der Waals surface area contributed by atoms with E-state index in [2.05, 4.69) is 10.3 Å². The van der Waals surface area contributed by atoms with Crippen LogP contribution in [0.5, 0.6) is 0 Å². The minimum atomic E-state index is -0.348. The number of rotatable bonds is 4. The molecule has 0 fully saturated rings. The molecule has 0 aromatic heterocycles. The van der Waals surface area contributed by atoms with Crippen molar-refractivity contribution in [3.8, 4) is 0 Å². The van der Waals surface area contributed by atoms with E-state index in [4.69, 9.17) is 0 Å². The molecule has 16 heavy (non-hydrogen) atoms. The third-order valence-electron chi connectivity index (χ3n) is 2.17. The summed E-state index contributed by atoms with van der Waals surface area (Å²) in [5.74, 6) is -0.348. The minimum absolute atomic E-state index is 0.246. The lowest BCUT2D eigenvalue weighted by Crippen LogP contribution is -2.31. The first kappa shape index (κ1) is 12.6. The zero-order valence-electron chi connectivity index (χ0n) is 10.2. The van der Waals surface area contributed by atoms with Crippen molar-refractivity contribution < 1.29 is 4.39 Å². The van der Waals surface area contributed by atoms with Crippen molar-refractivity contribution in [2.75, 3.05) is 0 Å². The fourth-order valence-corrected chi connectivity index (χ4v) is 1.44. The lowest BCUT2D eigenvalue weighted by atomic mass is 10.3. The standard InChI is InChI=1S/C12H18FN3/c1-9(2)16(10(3)4)15-14-12-8-6-5-7-11(12)13/h5-10H,1-4H3. The third-order valence-corrected chi connectivity index (χ3v) is 2.17. The van der Waals surface area contributed by atoms with Gasteiger partial charge in [0.25, 0.3) is 0 Å². The van der Waals surface area contributed by atoms with Crippen molar-refractivity contribution in [1.29, 1.82) is 0 Å². The number of nitrogens with zero attached hydrogens (tertiary/aromatic N) is 3. The molecule has 0 heterocycles. The molecule has 3 nitrogen and oxygen atoms in total. The summed E-state index contributed by atoms with van der Waals surface area (Å²) in [7, 11) is 0. The van der Waals surface area contributed by atoms with Gasteiger partial charge in [0.05, 0.1) is 0 Å². The van der Waals surface area contributed by atoms with Crippen LogP contribution in [-0.2, 0) is 0 Å². The Hall–Kier alpha value is -1.45. The fourth-order valence-electron chi connectivity index (χ4n) is 1.44. The highest BCUT2D eigenvalue weighted by atomic mass is 19.1. The van der Waals surface area contributed by atoms with Crippen LogP contribution in [0.3, 0.4) is 0 Å². The van der Waals surface area contributed by atoms with Gasteiger partial charge in [-0.3, -0.25) is 5.01 Å². The van der Waals surface area contributed by atoms with Crippen molar-refractivity contribution in [3.05, 3.63) is 30.1 Å². The van der Waals surface area contributed by atoms with Crippen molar-refractivity contribution >= 4 is 5.69 Å². The Morgan fingerprint density at radius 3 is 2.12 bits per heavy atom. The number of benzene rings is 1. The maximum absolute atomic E-state index is 13.3. The van der Waals surface area contributed by atoms with Gasteiger partial charge in [0.15, 0.2) is 5.82 Å². The molecular formula is C12H18FN3. The van der Waals surface area contributed by atoms with Gasteiger partial charge in [0, 0.05) is 12.1 Å². The van der Waals surface area contributed by atoms with Gasteiger partial charge in [-0.2, -0.15) is 0 Å². The summed E-state index contributed by atoms with van der Waals surface area (Å²) in [5.41, 5.74) is 0.272. The van der Waals surface area contributed by atoms with Crippen LogP contribution in [0.15, 0.2) is 34.6 Å². The van der Waals surface area contributed by atoms with E-state index in [-0.39, 0.29) is 23.6 Å². The first-order valence-electron chi connectivity index (χ1n) is 5.47. The molecule has 4 heteroatoms. The molecule has 0 N–H and O–H groups in total. The van der Waals surface area contributed by atoms with Gasteiger partial charge < -0.3 is 0 Å². The van der Waals surface area contributed by atoms with Crippen LogP contribution in [0.25, 0.3) is 0 Å². The molecule has 88 valence electrons. The van der Waals surface area contributed by atoms with E-state index in [0.29, 0.717) is 0 Å². The van der Waals surface area contributed by atoms with Crippen molar-refractivity contribution in [2.24, 2.45) is 10.3 Å². The average molecular weight is 223 g/mol. The molecule has 0 aliphatic rings. The second kappa shape index (κ2) is 5.58. The highest BCUT2D eigenvalue weighted by Gasteiger charge is 2.10. The lowest BCUT2D eigenvalue weighted by molar-refractivity contribution is 0.169. The molecule has 1 aromatic rings. The Balaban J connectivity index is 2.83. The Kier molecular flexibility index (Phi) is 4.40. The second-order valence-electron chi connectivity index (χ2n) is 4.21. The highest BCUT2D eigenvalue weighted by molar-refractivity contribution is 5.36. The topological polar surface area (TPSA) is 28.0 Å². The Labute approximate surface area is 96.0 Å². The number of hydrogen-bond donors (Lipinski definition) is 0. The van der Waals surface area contributed by atoms with Crippen LogP contribution < -0.4 is 0 Å². The van der Waals surface area contributed by atoms with E-state index >= 15 is 0 Å². The van der Waals surface area contributed by atoms with Gasteiger partial charge in [-0.1, -0.05) is 17.4 Å². The zero-order valence-corrected chi connectivity index (χ0v) is 10.2. The smallest absolute Gasteiger partial charge is 0.150 e. The molecule has 0 atom stereocenters. The van der Waals surface area contributed by atoms with E-state index in [1.54, 1.807) is 18.2 Å². The largest absolute Gasteiger partial charge is 0.273 e. The molecule has 0 radical (unpaired) electrons. The Morgan fingerprint density at radius 1 is 1.06 bits per heavy atom. The summed E-state index contributed by atoms with van der Waals surface area (Å²) in [6.07, 6.45) is 0. The Morgan fingerprint density at radius 2 is 1.62 bits per heavy atom. The second-order valence-corrected chi connectivity index (χ2v) is 4.21. The summed E-state index contributed by atoms with van der Waals surface area (Å²) in [6.45, 7) is 8.11. The van der Waals surface area contributed by atoms with Gasteiger partial charge >= 0.3 is 0 Å². The first-order valence-corrected chi connectivity index (χ1v) is 5.47. The monoisotopic (exact) mass is 223 g/mol. The van der Waals surface area contributed by atoms with Crippen molar-refractivity contribution in [2.45, 2.75) is 39.8 Å². The van der Waals surface area contributed by atoms with Crippen LogP contribution in [0.4, 0.5) is 10.1 Å². The number of hydrogen-bond acceptors (Lipinski definition) is 2. The van der Waals surface area contributed by atoms with Crippen LogP contribution in [-0.4, -0.2) is 17.1 Å². The SMILES string of the molecule is CC(C)N(N=Nc1ccccc1F)C(C)C. The number of halogens is 1. The van der Waals surface area contributed by atoms with E-state index in [0.717, 1.165) is 0 Å².